The molecule has 0 unspecified atom stereocenters. The molecule has 0 aliphatic heterocycles. The standard InChI is InChI=1S/C14H11F2N4O2S/c1-9-7-20(23(21,22)10-6-18-19(2)8-10)13(12(9)15)11-4-3-5-17-14(11)16/h3-8H,1H2,2H3. The molecule has 0 aliphatic rings. The van der Waals surface area contributed by atoms with Gasteiger partial charge in [-0.3, -0.25) is 4.68 Å². The van der Waals surface area contributed by atoms with Crippen LogP contribution in [0.4, 0.5) is 8.78 Å². The summed E-state index contributed by atoms with van der Waals surface area (Å²) >= 11 is 0. The van der Waals surface area contributed by atoms with Crippen molar-refractivity contribution in [2.24, 2.45) is 7.05 Å². The van der Waals surface area contributed by atoms with Crippen molar-refractivity contribution in [1.29, 1.82) is 0 Å². The number of hydrogen-bond acceptors (Lipinski definition) is 4. The predicted octanol–water partition coefficient (Wildman–Crippen LogP) is 1.98. The number of pyridine rings is 1. The first-order chi connectivity index (χ1) is 10.8. The van der Waals surface area contributed by atoms with E-state index in [9.17, 15) is 17.2 Å². The van der Waals surface area contributed by atoms with Crippen molar-refractivity contribution in [1.82, 2.24) is 18.7 Å². The van der Waals surface area contributed by atoms with E-state index in [1.54, 1.807) is 7.05 Å². The molecule has 3 rings (SSSR count). The van der Waals surface area contributed by atoms with Crippen LogP contribution in [-0.4, -0.2) is 27.2 Å². The third-order valence-corrected chi connectivity index (χ3v) is 4.85. The molecule has 3 aromatic heterocycles. The SMILES string of the molecule is [CH2]c1cn(S(=O)(=O)c2cnn(C)c2)c(-c2cccnc2F)c1F. The Labute approximate surface area is 131 Å². The summed E-state index contributed by atoms with van der Waals surface area (Å²) in [6.07, 6.45) is 4.57. The summed E-state index contributed by atoms with van der Waals surface area (Å²) in [5.74, 6) is -1.91. The number of nitrogens with zero attached hydrogens (tertiary/aromatic N) is 4. The highest BCUT2D eigenvalue weighted by Crippen LogP contribution is 2.31. The Bertz CT molecular complexity index is 992. The summed E-state index contributed by atoms with van der Waals surface area (Å²) in [5, 5.41) is 3.79. The van der Waals surface area contributed by atoms with Crippen LogP contribution in [0.5, 0.6) is 0 Å². The monoisotopic (exact) mass is 337 g/mol. The molecule has 0 amide bonds. The average Bonchev–Trinajstić information content (AvgIpc) is 3.06. The molecule has 3 heterocycles. The Balaban J connectivity index is 2.30. The van der Waals surface area contributed by atoms with Gasteiger partial charge in [-0.15, -0.1) is 0 Å². The van der Waals surface area contributed by atoms with Crippen molar-refractivity contribution in [3.63, 3.8) is 0 Å². The molecular formula is C14H11F2N4O2S. The maximum atomic E-state index is 14.4. The van der Waals surface area contributed by atoms with Gasteiger partial charge in [0, 0.05) is 31.2 Å². The van der Waals surface area contributed by atoms with Gasteiger partial charge in [-0.05, 0) is 19.1 Å². The second kappa shape index (κ2) is 5.27. The summed E-state index contributed by atoms with van der Waals surface area (Å²) in [4.78, 5) is 3.28. The lowest BCUT2D eigenvalue weighted by molar-refractivity contribution is 0.576. The van der Waals surface area contributed by atoms with Gasteiger partial charge in [0.25, 0.3) is 10.0 Å². The Kier molecular flexibility index (Phi) is 3.52. The molecule has 0 bridgehead atoms. The average molecular weight is 337 g/mol. The van der Waals surface area contributed by atoms with Gasteiger partial charge in [0.1, 0.15) is 10.6 Å². The van der Waals surface area contributed by atoms with Crippen LogP contribution < -0.4 is 0 Å². The number of hydrogen-bond donors (Lipinski definition) is 0. The van der Waals surface area contributed by atoms with E-state index in [4.69, 9.17) is 0 Å². The van der Waals surface area contributed by atoms with Gasteiger partial charge in [-0.25, -0.2) is 21.8 Å². The van der Waals surface area contributed by atoms with Gasteiger partial charge >= 0.3 is 0 Å². The first-order valence-corrected chi connectivity index (χ1v) is 7.84. The van der Waals surface area contributed by atoms with E-state index in [0.29, 0.717) is 3.97 Å². The van der Waals surface area contributed by atoms with Crippen LogP contribution in [0, 0.1) is 18.7 Å². The van der Waals surface area contributed by atoms with Gasteiger partial charge in [-0.2, -0.15) is 9.49 Å². The quantitative estimate of drug-likeness (QED) is 0.685. The molecule has 23 heavy (non-hydrogen) atoms. The summed E-state index contributed by atoms with van der Waals surface area (Å²) in [6.45, 7) is 3.45. The van der Waals surface area contributed by atoms with E-state index >= 15 is 0 Å². The van der Waals surface area contributed by atoms with Crippen molar-refractivity contribution in [2.75, 3.05) is 0 Å². The molecule has 1 radical (unpaired) electrons. The van der Waals surface area contributed by atoms with E-state index in [0.717, 1.165) is 12.4 Å². The van der Waals surface area contributed by atoms with Crippen molar-refractivity contribution < 1.29 is 17.2 Å². The van der Waals surface area contributed by atoms with E-state index in [1.165, 1.54) is 29.2 Å². The summed E-state index contributed by atoms with van der Waals surface area (Å²) in [7, 11) is -2.61. The number of aryl methyl sites for hydroxylation is 1. The van der Waals surface area contributed by atoms with Gasteiger partial charge in [0.2, 0.25) is 5.95 Å². The summed E-state index contributed by atoms with van der Waals surface area (Å²) in [6, 6.07) is 2.63. The van der Waals surface area contributed by atoms with E-state index in [1.807, 2.05) is 0 Å². The normalized spacial score (nSPS) is 11.8. The van der Waals surface area contributed by atoms with Crippen molar-refractivity contribution in [3.05, 3.63) is 61.2 Å². The van der Waals surface area contributed by atoms with Gasteiger partial charge < -0.3 is 0 Å². The van der Waals surface area contributed by atoms with E-state index < -0.39 is 27.5 Å². The highest BCUT2D eigenvalue weighted by molar-refractivity contribution is 7.90. The molecule has 0 aromatic carbocycles. The molecule has 0 saturated heterocycles. The minimum absolute atomic E-state index is 0.152. The van der Waals surface area contributed by atoms with Gasteiger partial charge in [0.15, 0.2) is 5.82 Å². The minimum atomic E-state index is -4.16. The molecule has 0 aliphatic carbocycles. The summed E-state index contributed by atoms with van der Waals surface area (Å²) in [5.41, 5.74) is -0.896. The topological polar surface area (TPSA) is 69.8 Å². The van der Waals surface area contributed by atoms with Crippen LogP contribution in [0.3, 0.4) is 0 Å². The van der Waals surface area contributed by atoms with Crippen LogP contribution in [-0.2, 0) is 17.1 Å². The highest BCUT2D eigenvalue weighted by atomic mass is 32.2. The Hall–Kier alpha value is -2.55. The second-order valence-electron chi connectivity index (χ2n) is 4.81. The Morgan fingerprint density at radius 2 is 2.00 bits per heavy atom. The van der Waals surface area contributed by atoms with Crippen LogP contribution in [0.2, 0.25) is 0 Å². The van der Waals surface area contributed by atoms with Crippen molar-refractivity contribution >= 4 is 10.0 Å². The molecular weight excluding hydrogens is 326 g/mol. The Morgan fingerprint density at radius 1 is 1.26 bits per heavy atom. The minimum Gasteiger partial charge on any atom is -0.274 e. The molecule has 6 nitrogen and oxygen atoms in total. The maximum Gasteiger partial charge on any atom is 0.271 e. The fourth-order valence-corrected chi connectivity index (χ4v) is 3.52. The number of halogens is 2. The summed E-state index contributed by atoms with van der Waals surface area (Å²) < 4.78 is 55.6. The second-order valence-corrected chi connectivity index (χ2v) is 6.62. The van der Waals surface area contributed by atoms with E-state index in [-0.39, 0.29) is 16.0 Å². The Morgan fingerprint density at radius 3 is 2.61 bits per heavy atom. The predicted molar refractivity (Wildman–Crippen MR) is 77.8 cm³/mol. The largest absolute Gasteiger partial charge is 0.274 e. The lowest BCUT2D eigenvalue weighted by Crippen LogP contribution is -2.13. The fraction of sp³-hybridized carbons (Fsp3) is 0.0714. The van der Waals surface area contributed by atoms with Gasteiger partial charge in [-0.1, -0.05) is 0 Å². The van der Waals surface area contributed by atoms with Crippen LogP contribution in [0.15, 0.2) is 41.8 Å². The zero-order valence-electron chi connectivity index (χ0n) is 11.9. The molecule has 9 heteroatoms. The lowest BCUT2D eigenvalue weighted by Gasteiger charge is -2.09. The first-order valence-electron chi connectivity index (χ1n) is 6.40. The fourth-order valence-electron chi connectivity index (χ4n) is 2.15. The molecule has 0 atom stereocenters. The van der Waals surface area contributed by atoms with Crippen LogP contribution in [0.1, 0.15) is 5.56 Å². The first kappa shape index (κ1) is 15.3. The molecule has 0 fully saturated rings. The third kappa shape index (κ3) is 2.42. The van der Waals surface area contributed by atoms with Crippen LogP contribution >= 0.6 is 0 Å². The maximum absolute atomic E-state index is 14.4. The van der Waals surface area contributed by atoms with E-state index in [2.05, 4.69) is 17.0 Å². The van der Waals surface area contributed by atoms with Crippen molar-refractivity contribution in [2.45, 2.75) is 4.90 Å². The van der Waals surface area contributed by atoms with Crippen LogP contribution in [0.25, 0.3) is 11.3 Å². The lowest BCUT2D eigenvalue weighted by atomic mass is 10.2. The zero-order chi connectivity index (χ0) is 16.8. The molecule has 119 valence electrons. The molecule has 0 spiro atoms. The van der Waals surface area contributed by atoms with Crippen molar-refractivity contribution in [3.8, 4) is 11.3 Å². The molecule has 3 aromatic rings. The molecule has 0 saturated carbocycles. The highest BCUT2D eigenvalue weighted by Gasteiger charge is 2.28. The smallest absolute Gasteiger partial charge is 0.271 e. The molecule has 0 N–H and O–H groups in total. The zero-order valence-corrected chi connectivity index (χ0v) is 12.8. The third-order valence-electron chi connectivity index (χ3n) is 3.24. The number of aromatic nitrogens is 4. The van der Waals surface area contributed by atoms with Gasteiger partial charge in [0.05, 0.1) is 11.8 Å². The number of rotatable bonds is 3.